The van der Waals surface area contributed by atoms with Crippen LogP contribution in [0.25, 0.3) is 11.1 Å². The normalized spacial score (nSPS) is 17.4. The Balaban J connectivity index is 1.20. The van der Waals surface area contributed by atoms with Crippen LogP contribution in [0.3, 0.4) is 0 Å². The SMILES string of the molecule is O=C1Nc2ccccc2C2(CCN(C(=O)NC[C@H](Cc3ccc4[nH]c(=O)oc4c3)C(=O)O)CC2)O1. The summed E-state index contributed by atoms with van der Waals surface area (Å²) in [5.74, 6) is -2.49. The molecule has 2 aliphatic rings. The Labute approximate surface area is 199 Å². The minimum atomic E-state index is -1.04. The third-order valence-corrected chi connectivity index (χ3v) is 6.62. The topological polar surface area (TPSA) is 154 Å². The Bertz CT molecular complexity index is 1350. The number of likely N-dealkylation sites (tertiary alicyclic amines) is 1. The lowest BCUT2D eigenvalue weighted by molar-refractivity contribution is -0.141. The highest BCUT2D eigenvalue weighted by molar-refractivity contribution is 5.89. The van der Waals surface area contributed by atoms with Crippen LogP contribution < -0.4 is 16.4 Å². The monoisotopic (exact) mass is 480 g/mol. The lowest BCUT2D eigenvalue weighted by Gasteiger charge is -2.44. The number of anilines is 1. The van der Waals surface area contributed by atoms with Crippen molar-refractivity contribution in [3.63, 3.8) is 0 Å². The van der Waals surface area contributed by atoms with Gasteiger partial charge in [-0.2, -0.15) is 0 Å². The summed E-state index contributed by atoms with van der Waals surface area (Å²) >= 11 is 0. The number of nitrogens with zero attached hydrogens (tertiary/aromatic N) is 1. The summed E-state index contributed by atoms with van der Waals surface area (Å²) in [5, 5.41) is 15.1. The number of piperidine rings is 1. The summed E-state index contributed by atoms with van der Waals surface area (Å²) in [5.41, 5.74) is 2.37. The van der Waals surface area contributed by atoms with E-state index in [0.29, 0.717) is 48.3 Å². The summed E-state index contributed by atoms with van der Waals surface area (Å²) in [6.45, 7) is 0.648. The predicted octanol–water partition coefficient (Wildman–Crippen LogP) is 2.63. The summed E-state index contributed by atoms with van der Waals surface area (Å²) in [6.07, 6.45) is 0.524. The van der Waals surface area contributed by atoms with Gasteiger partial charge in [-0.15, -0.1) is 0 Å². The second-order valence-corrected chi connectivity index (χ2v) is 8.81. The molecule has 0 bridgehead atoms. The highest BCUT2D eigenvalue weighted by Crippen LogP contribution is 2.43. The molecule has 1 spiro atoms. The summed E-state index contributed by atoms with van der Waals surface area (Å²) in [7, 11) is 0. The Kier molecular flexibility index (Phi) is 5.67. The van der Waals surface area contributed by atoms with Crippen molar-refractivity contribution < 1.29 is 28.6 Å². The van der Waals surface area contributed by atoms with Crippen molar-refractivity contribution in [1.29, 1.82) is 0 Å². The molecule has 11 nitrogen and oxygen atoms in total. The minimum absolute atomic E-state index is 0.0628. The van der Waals surface area contributed by atoms with E-state index in [1.807, 2.05) is 24.3 Å². The maximum absolute atomic E-state index is 12.8. The lowest BCUT2D eigenvalue weighted by atomic mass is 9.82. The number of carbonyl (C=O) groups is 3. The van der Waals surface area contributed by atoms with Gasteiger partial charge in [-0.1, -0.05) is 24.3 Å². The number of aliphatic carboxylic acids is 1. The van der Waals surface area contributed by atoms with Gasteiger partial charge in [-0.3, -0.25) is 15.1 Å². The molecule has 1 fully saturated rings. The van der Waals surface area contributed by atoms with E-state index in [2.05, 4.69) is 15.6 Å². The molecular formula is C24H24N4O7. The summed E-state index contributed by atoms with van der Waals surface area (Å²) in [4.78, 5) is 52.1. The van der Waals surface area contributed by atoms with Gasteiger partial charge >= 0.3 is 23.8 Å². The van der Waals surface area contributed by atoms with Gasteiger partial charge in [0, 0.05) is 38.0 Å². The molecule has 3 aromatic rings. The molecule has 11 heteroatoms. The smallest absolute Gasteiger partial charge is 0.417 e. The number of aromatic nitrogens is 1. The van der Waals surface area contributed by atoms with Gasteiger partial charge in [-0.25, -0.2) is 14.4 Å². The summed E-state index contributed by atoms with van der Waals surface area (Å²) < 4.78 is 10.7. The molecular weight excluding hydrogens is 456 g/mol. The predicted molar refractivity (Wildman–Crippen MR) is 124 cm³/mol. The van der Waals surface area contributed by atoms with E-state index in [4.69, 9.17) is 9.15 Å². The average molecular weight is 480 g/mol. The average Bonchev–Trinajstić information content (AvgIpc) is 3.21. The number of hydrogen-bond acceptors (Lipinski definition) is 6. The zero-order valence-corrected chi connectivity index (χ0v) is 18.7. The van der Waals surface area contributed by atoms with E-state index in [1.54, 1.807) is 23.1 Å². The van der Waals surface area contributed by atoms with Crippen molar-refractivity contribution in [3.05, 3.63) is 64.1 Å². The number of hydrogen-bond donors (Lipinski definition) is 4. The molecule has 2 aliphatic heterocycles. The van der Waals surface area contributed by atoms with Crippen LogP contribution in [0.15, 0.2) is 51.7 Å². The number of ether oxygens (including phenoxy) is 1. The number of oxazole rings is 1. The fraction of sp³-hybridized carbons (Fsp3) is 0.333. The number of urea groups is 1. The van der Waals surface area contributed by atoms with Crippen molar-refractivity contribution in [1.82, 2.24) is 15.2 Å². The Hall–Kier alpha value is -4.28. The molecule has 3 amide bonds. The maximum Gasteiger partial charge on any atom is 0.417 e. The van der Waals surface area contributed by atoms with Crippen molar-refractivity contribution >= 4 is 34.9 Å². The number of amides is 3. The van der Waals surface area contributed by atoms with Crippen molar-refractivity contribution in [2.75, 3.05) is 25.0 Å². The van der Waals surface area contributed by atoms with Crippen LogP contribution in [0.5, 0.6) is 0 Å². The largest absolute Gasteiger partial charge is 0.481 e. The first kappa shape index (κ1) is 22.5. The molecule has 0 saturated carbocycles. The first-order valence-electron chi connectivity index (χ1n) is 11.3. The number of carboxylic acid groups (broad SMARTS) is 1. The zero-order valence-electron chi connectivity index (χ0n) is 18.7. The number of aromatic amines is 1. The van der Waals surface area contributed by atoms with E-state index >= 15 is 0 Å². The molecule has 0 unspecified atom stereocenters. The molecule has 1 atom stereocenters. The number of benzene rings is 2. The molecule has 3 heterocycles. The second kappa shape index (κ2) is 8.82. The molecule has 1 saturated heterocycles. The number of para-hydroxylation sites is 1. The van der Waals surface area contributed by atoms with E-state index in [0.717, 1.165) is 5.56 Å². The molecule has 2 aromatic carbocycles. The number of H-pyrrole nitrogens is 1. The molecule has 0 aliphatic carbocycles. The zero-order chi connectivity index (χ0) is 24.6. The van der Waals surface area contributed by atoms with Gasteiger partial charge in [-0.05, 0) is 30.2 Å². The molecule has 35 heavy (non-hydrogen) atoms. The van der Waals surface area contributed by atoms with Crippen LogP contribution >= 0.6 is 0 Å². The van der Waals surface area contributed by atoms with Crippen molar-refractivity contribution in [2.45, 2.75) is 24.9 Å². The Morgan fingerprint density at radius 3 is 2.69 bits per heavy atom. The molecule has 182 valence electrons. The molecule has 5 rings (SSSR count). The fourth-order valence-electron chi connectivity index (χ4n) is 4.77. The van der Waals surface area contributed by atoms with Crippen molar-refractivity contribution in [2.24, 2.45) is 5.92 Å². The van der Waals surface area contributed by atoms with Crippen LogP contribution in [0, 0.1) is 5.92 Å². The third kappa shape index (κ3) is 4.44. The third-order valence-electron chi connectivity index (χ3n) is 6.62. The van der Waals surface area contributed by atoms with Gasteiger partial charge in [0.1, 0.15) is 5.60 Å². The van der Waals surface area contributed by atoms with Gasteiger partial charge in [0.25, 0.3) is 0 Å². The highest BCUT2D eigenvalue weighted by atomic mass is 16.6. The van der Waals surface area contributed by atoms with Crippen LogP contribution in [-0.2, 0) is 21.6 Å². The standard InChI is InChI=1S/C24H24N4O7/c29-20(30)15(11-14-5-6-18-19(12-14)34-22(32)27-18)13-25-21(31)28-9-7-24(8-10-28)16-3-1-2-4-17(16)26-23(33)35-24/h1-6,12,15H,7-11,13H2,(H,25,31)(H,26,33)(H,27,32)(H,29,30)/t15-/m0/s1. The molecule has 0 radical (unpaired) electrons. The number of rotatable bonds is 5. The number of nitrogens with one attached hydrogen (secondary N) is 3. The van der Waals surface area contributed by atoms with Crippen LogP contribution in [0.1, 0.15) is 24.0 Å². The number of carbonyl (C=O) groups excluding carboxylic acids is 2. The van der Waals surface area contributed by atoms with E-state index in [-0.39, 0.29) is 19.0 Å². The Morgan fingerprint density at radius 1 is 1.14 bits per heavy atom. The van der Waals surface area contributed by atoms with Gasteiger partial charge in [0.15, 0.2) is 5.58 Å². The van der Waals surface area contributed by atoms with E-state index in [1.165, 1.54) is 0 Å². The number of fused-ring (bicyclic) bond motifs is 3. The quantitative estimate of drug-likeness (QED) is 0.438. The van der Waals surface area contributed by atoms with E-state index in [9.17, 15) is 24.3 Å². The lowest BCUT2D eigenvalue weighted by Crippen LogP contribution is -2.52. The first-order valence-corrected chi connectivity index (χ1v) is 11.3. The minimum Gasteiger partial charge on any atom is -0.481 e. The van der Waals surface area contributed by atoms with Gasteiger partial charge < -0.3 is 24.5 Å². The molecule has 4 N–H and O–H groups in total. The highest BCUT2D eigenvalue weighted by Gasteiger charge is 2.45. The van der Waals surface area contributed by atoms with Gasteiger partial charge in [0.2, 0.25) is 0 Å². The van der Waals surface area contributed by atoms with Gasteiger partial charge in [0.05, 0.1) is 17.1 Å². The van der Waals surface area contributed by atoms with Crippen LogP contribution in [-0.4, -0.2) is 52.7 Å². The van der Waals surface area contributed by atoms with Crippen molar-refractivity contribution in [3.8, 4) is 0 Å². The maximum atomic E-state index is 12.8. The first-order chi connectivity index (χ1) is 16.8. The fourth-order valence-corrected chi connectivity index (χ4v) is 4.77. The molecule has 1 aromatic heterocycles. The number of carboxylic acids is 1. The second-order valence-electron chi connectivity index (χ2n) is 8.81. The van der Waals surface area contributed by atoms with Crippen LogP contribution in [0.4, 0.5) is 15.3 Å². The van der Waals surface area contributed by atoms with E-state index < -0.39 is 29.3 Å². The summed E-state index contributed by atoms with van der Waals surface area (Å²) in [6, 6.07) is 12.1. The Morgan fingerprint density at radius 2 is 1.91 bits per heavy atom. The van der Waals surface area contributed by atoms with Crippen LogP contribution in [0.2, 0.25) is 0 Å².